The molecule has 4 nitrogen and oxygen atoms in total. The van der Waals surface area contributed by atoms with E-state index in [0.717, 1.165) is 32.5 Å². The lowest BCUT2D eigenvalue weighted by Crippen LogP contribution is -2.47. The third-order valence-electron chi connectivity index (χ3n) is 2.98. The molecule has 2 amide bonds. The first kappa shape index (κ1) is 13.8. The Balaban J connectivity index is 2.54. The normalized spacial score (nSPS) is 15.8. The summed E-state index contributed by atoms with van der Waals surface area (Å²) in [7, 11) is 0. The van der Waals surface area contributed by atoms with Gasteiger partial charge in [-0.2, -0.15) is 5.26 Å². The Kier molecular flexibility index (Phi) is 5.82. The number of piperidine rings is 1. The first-order chi connectivity index (χ1) is 8.15. The lowest BCUT2D eigenvalue weighted by Gasteiger charge is -2.33. The molecule has 0 saturated carbocycles. The Bertz CT molecular complexity index is 277. The summed E-state index contributed by atoms with van der Waals surface area (Å²) in [5.74, 6) is 0.447. The van der Waals surface area contributed by atoms with Crippen LogP contribution < -0.4 is 0 Å². The van der Waals surface area contributed by atoms with E-state index in [1.165, 1.54) is 6.42 Å². The SMILES string of the molecule is CC(C)CN(CCC#N)C(=O)N1CCCCC1. The lowest BCUT2D eigenvalue weighted by atomic mass is 10.1. The molecular weight excluding hydrogens is 214 g/mol. The maximum Gasteiger partial charge on any atom is 0.320 e. The third kappa shape index (κ3) is 4.64. The van der Waals surface area contributed by atoms with Gasteiger partial charge in [0.25, 0.3) is 0 Å². The van der Waals surface area contributed by atoms with Gasteiger partial charge in [0.1, 0.15) is 0 Å². The maximum atomic E-state index is 12.3. The number of likely N-dealkylation sites (tertiary alicyclic amines) is 1. The smallest absolute Gasteiger partial charge is 0.320 e. The van der Waals surface area contributed by atoms with Crippen LogP contribution in [-0.4, -0.2) is 42.0 Å². The van der Waals surface area contributed by atoms with Gasteiger partial charge in [-0.15, -0.1) is 0 Å². The van der Waals surface area contributed by atoms with E-state index in [9.17, 15) is 4.79 Å². The maximum absolute atomic E-state index is 12.3. The second-order valence-electron chi connectivity index (χ2n) is 5.08. The van der Waals surface area contributed by atoms with E-state index in [-0.39, 0.29) is 6.03 Å². The van der Waals surface area contributed by atoms with E-state index in [1.807, 2.05) is 9.80 Å². The molecule has 0 aromatic carbocycles. The molecule has 1 rings (SSSR count). The molecular formula is C13H23N3O. The van der Waals surface area contributed by atoms with Crippen LogP contribution in [0, 0.1) is 17.2 Å². The van der Waals surface area contributed by atoms with E-state index in [2.05, 4.69) is 19.9 Å². The summed E-state index contributed by atoms with van der Waals surface area (Å²) in [6.07, 6.45) is 3.87. The van der Waals surface area contributed by atoms with Crippen molar-refractivity contribution in [1.82, 2.24) is 9.80 Å². The van der Waals surface area contributed by atoms with Crippen LogP contribution in [0.25, 0.3) is 0 Å². The van der Waals surface area contributed by atoms with E-state index in [1.54, 1.807) is 0 Å². The molecule has 1 aliphatic rings. The highest BCUT2D eigenvalue weighted by molar-refractivity contribution is 5.74. The van der Waals surface area contributed by atoms with Crippen molar-refractivity contribution in [2.24, 2.45) is 5.92 Å². The van der Waals surface area contributed by atoms with E-state index in [0.29, 0.717) is 18.9 Å². The number of hydrogen-bond acceptors (Lipinski definition) is 2. The van der Waals surface area contributed by atoms with E-state index in [4.69, 9.17) is 5.26 Å². The molecule has 0 spiro atoms. The summed E-state index contributed by atoms with van der Waals surface area (Å²) >= 11 is 0. The number of nitriles is 1. The number of amides is 2. The molecule has 0 N–H and O–H groups in total. The fourth-order valence-corrected chi connectivity index (χ4v) is 2.18. The van der Waals surface area contributed by atoms with Gasteiger partial charge in [0.2, 0.25) is 0 Å². The number of rotatable bonds is 4. The Morgan fingerprint density at radius 1 is 1.35 bits per heavy atom. The first-order valence-electron chi connectivity index (χ1n) is 6.56. The minimum atomic E-state index is 0.119. The quantitative estimate of drug-likeness (QED) is 0.754. The van der Waals surface area contributed by atoms with Crippen molar-refractivity contribution in [2.75, 3.05) is 26.2 Å². The average Bonchev–Trinajstić information content (AvgIpc) is 2.34. The molecule has 0 aromatic rings. The zero-order valence-corrected chi connectivity index (χ0v) is 11.0. The lowest BCUT2D eigenvalue weighted by molar-refractivity contribution is 0.139. The summed E-state index contributed by atoms with van der Waals surface area (Å²) in [5, 5.41) is 8.64. The summed E-state index contributed by atoms with van der Waals surface area (Å²) in [5.41, 5.74) is 0. The second-order valence-corrected chi connectivity index (χ2v) is 5.08. The Hall–Kier alpha value is -1.24. The van der Waals surface area contributed by atoms with Crippen LogP contribution in [0.4, 0.5) is 4.79 Å². The monoisotopic (exact) mass is 237 g/mol. The summed E-state index contributed by atoms with van der Waals surface area (Å²) in [6.45, 7) is 7.26. The van der Waals surface area contributed by atoms with Gasteiger partial charge in [-0.3, -0.25) is 0 Å². The third-order valence-corrected chi connectivity index (χ3v) is 2.98. The van der Waals surface area contributed by atoms with Gasteiger partial charge in [-0.05, 0) is 25.2 Å². The number of carbonyl (C=O) groups excluding carboxylic acids is 1. The van der Waals surface area contributed by atoms with Gasteiger partial charge >= 0.3 is 6.03 Å². The summed E-state index contributed by atoms with van der Waals surface area (Å²) in [6, 6.07) is 2.24. The number of carbonyl (C=O) groups is 1. The van der Waals surface area contributed by atoms with Crippen molar-refractivity contribution in [3.05, 3.63) is 0 Å². The van der Waals surface area contributed by atoms with Crippen LogP contribution in [0.15, 0.2) is 0 Å². The largest absolute Gasteiger partial charge is 0.325 e. The van der Waals surface area contributed by atoms with Gasteiger partial charge in [0.05, 0.1) is 12.5 Å². The molecule has 1 aliphatic heterocycles. The van der Waals surface area contributed by atoms with Gasteiger partial charge in [-0.1, -0.05) is 13.8 Å². The highest BCUT2D eigenvalue weighted by Gasteiger charge is 2.22. The van der Waals surface area contributed by atoms with Crippen LogP contribution in [0.3, 0.4) is 0 Å². The van der Waals surface area contributed by atoms with Crippen molar-refractivity contribution in [2.45, 2.75) is 39.5 Å². The molecule has 0 radical (unpaired) electrons. The standard InChI is InChI=1S/C13H23N3O/c1-12(2)11-16(10-6-7-14)13(17)15-8-4-3-5-9-15/h12H,3-6,8-11H2,1-2H3. The molecule has 96 valence electrons. The Morgan fingerprint density at radius 3 is 2.53 bits per heavy atom. The molecule has 0 bridgehead atoms. The molecule has 0 aromatic heterocycles. The predicted octanol–water partition coefficient (Wildman–Crippen LogP) is 2.46. The Morgan fingerprint density at radius 2 is 2.00 bits per heavy atom. The van der Waals surface area contributed by atoms with Crippen molar-refractivity contribution in [1.29, 1.82) is 5.26 Å². The van der Waals surface area contributed by atoms with E-state index >= 15 is 0 Å². The van der Waals surface area contributed by atoms with Crippen LogP contribution in [0.1, 0.15) is 39.5 Å². The average molecular weight is 237 g/mol. The van der Waals surface area contributed by atoms with E-state index < -0.39 is 0 Å². The Labute approximate surface area is 104 Å². The van der Waals surface area contributed by atoms with Crippen molar-refractivity contribution < 1.29 is 4.79 Å². The van der Waals surface area contributed by atoms with Crippen molar-refractivity contribution in [3.63, 3.8) is 0 Å². The molecule has 1 fully saturated rings. The molecule has 0 atom stereocenters. The van der Waals surface area contributed by atoms with Crippen LogP contribution in [0.5, 0.6) is 0 Å². The minimum absolute atomic E-state index is 0.119. The summed E-state index contributed by atoms with van der Waals surface area (Å²) < 4.78 is 0. The van der Waals surface area contributed by atoms with Crippen molar-refractivity contribution >= 4 is 6.03 Å². The number of hydrogen-bond donors (Lipinski definition) is 0. The zero-order valence-electron chi connectivity index (χ0n) is 11.0. The molecule has 4 heteroatoms. The second kappa shape index (κ2) is 7.16. The van der Waals surface area contributed by atoms with Gasteiger partial charge in [0.15, 0.2) is 0 Å². The predicted molar refractivity (Wildman–Crippen MR) is 67.5 cm³/mol. The van der Waals surface area contributed by atoms with Crippen LogP contribution in [0.2, 0.25) is 0 Å². The van der Waals surface area contributed by atoms with Crippen LogP contribution in [-0.2, 0) is 0 Å². The number of nitrogens with zero attached hydrogens (tertiary/aromatic N) is 3. The van der Waals surface area contributed by atoms with Crippen LogP contribution >= 0.6 is 0 Å². The molecule has 1 saturated heterocycles. The van der Waals surface area contributed by atoms with Gasteiger partial charge < -0.3 is 9.80 Å². The molecule has 17 heavy (non-hydrogen) atoms. The highest BCUT2D eigenvalue weighted by Crippen LogP contribution is 2.12. The fourth-order valence-electron chi connectivity index (χ4n) is 2.18. The molecule has 0 unspecified atom stereocenters. The van der Waals surface area contributed by atoms with Crippen molar-refractivity contribution in [3.8, 4) is 6.07 Å². The summed E-state index contributed by atoms with van der Waals surface area (Å²) in [4.78, 5) is 16.0. The first-order valence-corrected chi connectivity index (χ1v) is 6.56. The highest BCUT2D eigenvalue weighted by atomic mass is 16.2. The van der Waals surface area contributed by atoms with Gasteiger partial charge in [0, 0.05) is 26.2 Å². The topological polar surface area (TPSA) is 47.3 Å². The zero-order chi connectivity index (χ0) is 12.7. The molecule has 0 aliphatic carbocycles. The minimum Gasteiger partial charge on any atom is -0.325 e. The molecule has 1 heterocycles. The number of urea groups is 1. The van der Waals surface area contributed by atoms with Gasteiger partial charge in [-0.25, -0.2) is 4.79 Å². The fraction of sp³-hybridized carbons (Fsp3) is 0.846.